The lowest BCUT2D eigenvalue weighted by molar-refractivity contribution is -0.139. The quantitative estimate of drug-likeness (QED) is 0.675. The van der Waals surface area contributed by atoms with Crippen LogP contribution in [0.4, 0.5) is 0 Å². The van der Waals surface area contributed by atoms with Crippen LogP contribution < -0.4 is 0 Å². The van der Waals surface area contributed by atoms with Gasteiger partial charge in [-0.25, -0.2) is 0 Å². The van der Waals surface area contributed by atoms with E-state index in [2.05, 4.69) is 0 Å². The van der Waals surface area contributed by atoms with Crippen LogP contribution in [0.2, 0.25) is 0 Å². The fourth-order valence-electron chi connectivity index (χ4n) is 1.53. The molecule has 0 aliphatic carbocycles. The summed E-state index contributed by atoms with van der Waals surface area (Å²) in [6.45, 7) is 6.71. The molecule has 0 aromatic heterocycles. The van der Waals surface area contributed by atoms with Gasteiger partial charge in [-0.2, -0.15) is 0 Å². The molecule has 0 rings (SSSR count). The van der Waals surface area contributed by atoms with Crippen LogP contribution in [0.3, 0.4) is 0 Å². The predicted octanol–water partition coefficient (Wildman–Crippen LogP) is 1.21. The normalized spacial score (nSPS) is 13.6. The maximum absolute atomic E-state index is 10.7. The number of hydrogen-bond donors (Lipinski definition) is 1. The van der Waals surface area contributed by atoms with Gasteiger partial charge in [0.2, 0.25) is 0 Å². The minimum Gasteiger partial charge on any atom is -0.480 e. The molecule has 1 atom stereocenters. The summed E-state index contributed by atoms with van der Waals surface area (Å²) in [5.41, 5.74) is 0. The van der Waals surface area contributed by atoms with Crippen LogP contribution in [0.5, 0.6) is 0 Å². The second-order valence-electron chi connectivity index (χ2n) is 3.68. The van der Waals surface area contributed by atoms with Crippen LogP contribution in [0.25, 0.3) is 0 Å². The third-order valence-electron chi connectivity index (χ3n) is 2.28. The van der Waals surface area contributed by atoms with E-state index < -0.39 is 5.97 Å². The second kappa shape index (κ2) is 6.79. The number of nitrogens with zero attached hydrogens (tertiary/aromatic N) is 1. The Morgan fingerprint density at radius 2 is 2.07 bits per heavy atom. The number of aliphatic carboxylic acids is 1. The number of carboxylic acids is 1. The molecule has 0 heterocycles. The van der Waals surface area contributed by atoms with Crippen LogP contribution >= 0.6 is 0 Å². The first kappa shape index (κ1) is 13.4. The first-order valence-electron chi connectivity index (χ1n) is 4.99. The fourth-order valence-corrected chi connectivity index (χ4v) is 1.53. The van der Waals surface area contributed by atoms with Gasteiger partial charge in [-0.3, -0.25) is 9.69 Å². The summed E-state index contributed by atoms with van der Waals surface area (Å²) in [5.74, 6) is -0.784. The highest BCUT2D eigenvalue weighted by atomic mass is 16.5. The molecule has 0 aromatic carbocycles. The zero-order valence-electron chi connectivity index (χ0n) is 9.49. The molecule has 0 fully saturated rings. The Hall–Kier alpha value is -0.610. The van der Waals surface area contributed by atoms with Gasteiger partial charge in [0.1, 0.15) is 0 Å². The summed E-state index contributed by atoms with van der Waals surface area (Å²) in [6.07, 6.45) is 0.902. The summed E-state index contributed by atoms with van der Waals surface area (Å²) >= 11 is 0. The third-order valence-corrected chi connectivity index (χ3v) is 2.28. The largest absolute Gasteiger partial charge is 0.480 e. The number of carboxylic acid groups (broad SMARTS) is 1. The molecular weight excluding hydrogens is 182 g/mol. The van der Waals surface area contributed by atoms with E-state index in [1.165, 1.54) is 0 Å². The average molecular weight is 203 g/mol. The van der Waals surface area contributed by atoms with Crippen LogP contribution in [-0.2, 0) is 9.53 Å². The van der Waals surface area contributed by atoms with Crippen LogP contribution in [0.1, 0.15) is 27.2 Å². The number of carbonyl (C=O) groups is 1. The Morgan fingerprint density at radius 3 is 2.36 bits per heavy atom. The lowest BCUT2D eigenvalue weighted by atomic mass is 10.1. The highest BCUT2D eigenvalue weighted by Gasteiger charge is 2.21. The predicted molar refractivity (Wildman–Crippen MR) is 55.4 cm³/mol. The van der Waals surface area contributed by atoms with Crippen molar-refractivity contribution in [3.63, 3.8) is 0 Å². The summed E-state index contributed by atoms with van der Waals surface area (Å²) in [6, 6.07) is 0.419. The van der Waals surface area contributed by atoms with E-state index in [4.69, 9.17) is 9.84 Å². The molecule has 0 radical (unpaired) electrons. The van der Waals surface area contributed by atoms with Crippen molar-refractivity contribution in [3.8, 4) is 0 Å². The van der Waals surface area contributed by atoms with E-state index in [1.807, 2.05) is 25.7 Å². The Balaban J connectivity index is 4.34. The van der Waals surface area contributed by atoms with Crippen molar-refractivity contribution in [2.24, 2.45) is 0 Å². The summed E-state index contributed by atoms with van der Waals surface area (Å²) in [7, 11) is 1.64. The third kappa shape index (κ3) is 4.58. The monoisotopic (exact) mass is 203 g/mol. The molecule has 0 amide bonds. The van der Waals surface area contributed by atoms with Crippen molar-refractivity contribution in [2.45, 2.75) is 39.3 Å². The van der Waals surface area contributed by atoms with Gasteiger partial charge in [0.25, 0.3) is 0 Å². The maximum Gasteiger partial charge on any atom is 0.317 e. The van der Waals surface area contributed by atoms with Gasteiger partial charge >= 0.3 is 5.97 Å². The van der Waals surface area contributed by atoms with Crippen molar-refractivity contribution in [3.05, 3.63) is 0 Å². The van der Waals surface area contributed by atoms with Gasteiger partial charge in [-0.05, 0) is 20.3 Å². The molecule has 0 saturated carbocycles. The molecule has 84 valence electrons. The van der Waals surface area contributed by atoms with Crippen molar-refractivity contribution >= 4 is 5.97 Å². The van der Waals surface area contributed by atoms with Gasteiger partial charge in [0, 0.05) is 19.2 Å². The second-order valence-corrected chi connectivity index (χ2v) is 3.68. The van der Waals surface area contributed by atoms with E-state index >= 15 is 0 Å². The zero-order valence-corrected chi connectivity index (χ0v) is 9.49. The number of methoxy groups -OCH3 is 1. The average Bonchev–Trinajstić information content (AvgIpc) is 2.10. The lowest BCUT2D eigenvalue weighted by Gasteiger charge is -2.32. The minimum atomic E-state index is -0.784. The van der Waals surface area contributed by atoms with E-state index in [-0.39, 0.29) is 18.6 Å². The molecule has 0 aromatic rings. The molecule has 0 aliphatic rings. The van der Waals surface area contributed by atoms with Crippen molar-refractivity contribution in [1.82, 2.24) is 4.90 Å². The van der Waals surface area contributed by atoms with Crippen molar-refractivity contribution < 1.29 is 14.6 Å². The molecule has 1 unspecified atom stereocenters. The standard InChI is InChI=1S/C10H21NO3/c1-5-9(7-14-4)11(8(2)3)6-10(12)13/h8-9H,5-7H2,1-4H3,(H,12,13). The molecule has 0 bridgehead atoms. The van der Waals surface area contributed by atoms with Gasteiger partial charge in [0.05, 0.1) is 13.2 Å². The van der Waals surface area contributed by atoms with E-state index in [9.17, 15) is 4.79 Å². The number of ether oxygens (including phenoxy) is 1. The molecule has 1 N–H and O–H groups in total. The lowest BCUT2D eigenvalue weighted by Crippen LogP contribution is -2.45. The number of hydrogen-bond acceptors (Lipinski definition) is 3. The highest BCUT2D eigenvalue weighted by Crippen LogP contribution is 2.09. The van der Waals surface area contributed by atoms with Gasteiger partial charge < -0.3 is 9.84 Å². The Labute approximate surface area is 85.9 Å². The Morgan fingerprint density at radius 1 is 1.50 bits per heavy atom. The van der Waals surface area contributed by atoms with E-state index in [0.29, 0.717) is 6.61 Å². The van der Waals surface area contributed by atoms with Crippen LogP contribution in [0, 0.1) is 0 Å². The minimum absolute atomic E-state index is 0.0829. The van der Waals surface area contributed by atoms with Crippen LogP contribution in [0.15, 0.2) is 0 Å². The van der Waals surface area contributed by atoms with E-state index in [0.717, 1.165) is 6.42 Å². The first-order chi connectivity index (χ1) is 6.52. The summed E-state index contributed by atoms with van der Waals surface area (Å²) < 4.78 is 5.07. The zero-order chi connectivity index (χ0) is 11.1. The van der Waals surface area contributed by atoms with E-state index in [1.54, 1.807) is 7.11 Å². The van der Waals surface area contributed by atoms with Gasteiger partial charge in [-0.1, -0.05) is 6.92 Å². The van der Waals surface area contributed by atoms with Gasteiger partial charge in [0.15, 0.2) is 0 Å². The summed E-state index contributed by atoms with van der Waals surface area (Å²) in [4.78, 5) is 12.6. The smallest absolute Gasteiger partial charge is 0.317 e. The van der Waals surface area contributed by atoms with Crippen molar-refractivity contribution in [1.29, 1.82) is 0 Å². The summed E-state index contributed by atoms with van der Waals surface area (Å²) in [5, 5.41) is 8.76. The molecular formula is C10H21NO3. The molecule has 4 heteroatoms. The van der Waals surface area contributed by atoms with Gasteiger partial charge in [-0.15, -0.1) is 0 Å². The SMILES string of the molecule is CCC(COC)N(CC(=O)O)C(C)C. The molecule has 4 nitrogen and oxygen atoms in total. The molecule has 0 saturated heterocycles. The Kier molecular flexibility index (Phi) is 6.49. The molecule has 0 spiro atoms. The van der Waals surface area contributed by atoms with Crippen LogP contribution in [-0.4, -0.2) is 48.3 Å². The topological polar surface area (TPSA) is 49.8 Å². The van der Waals surface area contributed by atoms with Crippen molar-refractivity contribution in [2.75, 3.05) is 20.3 Å². The molecule has 14 heavy (non-hydrogen) atoms. The Bertz CT molecular complexity index is 171. The fraction of sp³-hybridized carbons (Fsp3) is 0.900. The maximum atomic E-state index is 10.7. The first-order valence-corrected chi connectivity index (χ1v) is 4.99. The number of rotatable bonds is 7. The highest BCUT2D eigenvalue weighted by molar-refractivity contribution is 5.69. The molecule has 0 aliphatic heterocycles.